The molecule has 25 heavy (non-hydrogen) atoms. The van der Waals surface area contributed by atoms with Gasteiger partial charge in [0.05, 0.1) is 24.6 Å². The highest BCUT2D eigenvalue weighted by Gasteiger charge is 2.26. The van der Waals surface area contributed by atoms with Crippen molar-refractivity contribution in [2.45, 2.75) is 25.4 Å². The Labute approximate surface area is 151 Å². The van der Waals surface area contributed by atoms with Crippen LogP contribution in [0, 0.1) is 0 Å². The number of halogens is 1. The van der Waals surface area contributed by atoms with E-state index in [0.29, 0.717) is 11.4 Å². The van der Waals surface area contributed by atoms with Crippen LogP contribution >= 0.6 is 11.6 Å². The van der Waals surface area contributed by atoms with E-state index in [2.05, 4.69) is 0 Å². The van der Waals surface area contributed by atoms with Crippen LogP contribution in [0.25, 0.3) is 16.9 Å². The zero-order valence-electron chi connectivity index (χ0n) is 13.9. The lowest BCUT2D eigenvalue weighted by molar-refractivity contribution is 0.158. The first-order chi connectivity index (χ1) is 12.2. The number of nitrogens with zero attached hydrogens (tertiary/aromatic N) is 2. The summed E-state index contributed by atoms with van der Waals surface area (Å²) in [5, 5.41) is 15.7. The molecule has 0 aliphatic heterocycles. The maximum absolute atomic E-state index is 10.1. The van der Waals surface area contributed by atoms with Gasteiger partial charge in [-0.15, -0.1) is 0 Å². The van der Waals surface area contributed by atoms with Crippen molar-refractivity contribution < 1.29 is 9.84 Å². The average molecular weight is 355 g/mol. The molecule has 0 unspecified atom stereocenters. The SMILES string of the molecule is COc1ccc(-n2nc(-c3ccc(Cl)cc3)c3c2CC[C@H](O)C3)cc1. The third-order valence-corrected chi connectivity index (χ3v) is 4.93. The van der Waals surface area contributed by atoms with E-state index in [0.717, 1.165) is 41.1 Å². The average Bonchev–Trinajstić information content (AvgIpc) is 3.01. The van der Waals surface area contributed by atoms with Crippen LogP contribution in [0.3, 0.4) is 0 Å². The van der Waals surface area contributed by atoms with Gasteiger partial charge < -0.3 is 9.84 Å². The summed E-state index contributed by atoms with van der Waals surface area (Å²) in [6.45, 7) is 0. The van der Waals surface area contributed by atoms with E-state index in [1.807, 2.05) is 53.2 Å². The van der Waals surface area contributed by atoms with Crippen LogP contribution in [0.15, 0.2) is 48.5 Å². The third-order valence-electron chi connectivity index (χ3n) is 4.68. The molecule has 0 bridgehead atoms. The normalized spacial score (nSPS) is 16.5. The number of hydrogen-bond acceptors (Lipinski definition) is 3. The van der Waals surface area contributed by atoms with Gasteiger partial charge in [0, 0.05) is 28.3 Å². The summed E-state index contributed by atoms with van der Waals surface area (Å²) in [5.74, 6) is 0.818. The Morgan fingerprint density at radius 2 is 1.84 bits per heavy atom. The van der Waals surface area contributed by atoms with Crippen LogP contribution < -0.4 is 4.74 Å². The Balaban J connectivity index is 1.84. The fraction of sp³-hybridized carbons (Fsp3) is 0.250. The highest BCUT2D eigenvalue weighted by atomic mass is 35.5. The maximum atomic E-state index is 10.1. The molecule has 128 valence electrons. The summed E-state index contributed by atoms with van der Waals surface area (Å²) in [5.41, 5.74) is 5.22. The third kappa shape index (κ3) is 3.03. The number of methoxy groups -OCH3 is 1. The van der Waals surface area contributed by atoms with Gasteiger partial charge in [-0.2, -0.15) is 5.10 Å². The second-order valence-corrected chi connectivity index (χ2v) is 6.72. The number of hydrogen-bond donors (Lipinski definition) is 1. The summed E-state index contributed by atoms with van der Waals surface area (Å²) < 4.78 is 7.23. The van der Waals surface area contributed by atoms with E-state index < -0.39 is 0 Å². The molecule has 1 aliphatic carbocycles. The van der Waals surface area contributed by atoms with Crippen molar-refractivity contribution in [3.05, 3.63) is 64.8 Å². The van der Waals surface area contributed by atoms with E-state index in [-0.39, 0.29) is 6.10 Å². The smallest absolute Gasteiger partial charge is 0.119 e. The van der Waals surface area contributed by atoms with E-state index in [1.165, 1.54) is 5.69 Å². The van der Waals surface area contributed by atoms with Crippen molar-refractivity contribution in [3.8, 4) is 22.7 Å². The van der Waals surface area contributed by atoms with E-state index in [9.17, 15) is 5.11 Å². The van der Waals surface area contributed by atoms with Crippen molar-refractivity contribution in [2.24, 2.45) is 0 Å². The minimum absolute atomic E-state index is 0.313. The molecule has 1 aliphatic rings. The highest BCUT2D eigenvalue weighted by Crippen LogP contribution is 2.33. The molecule has 0 saturated heterocycles. The molecule has 4 nitrogen and oxygen atoms in total. The van der Waals surface area contributed by atoms with Crippen LogP contribution in [-0.4, -0.2) is 28.1 Å². The number of benzene rings is 2. The number of ether oxygens (including phenoxy) is 1. The van der Waals surface area contributed by atoms with Crippen molar-refractivity contribution in [3.63, 3.8) is 0 Å². The molecule has 0 radical (unpaired) electrons. The zero-order chi connectivity index (χ0) is 17.4. The molecule has 4 rings (SSSR count). The number of aliphatic hydroxyl groups is 1. The zero-order valence-corrected chi connectivity index (χ0v) is 14.7. The van der Waals surface area contributed by atoms with Crippen molar-refractivity contribution >= 4 is 11.6 Å². The molecule has 3 aromatic rings. The van der Waals surface area contributed by atoms with Crippen molar-refractivity contribution in [1.82, 2.24) is 9.78 Å². The van der Waals surface area contributed by atoms with Crippen LogP contribution in [-0.2, 0) is 12.8 Å². The van der Waals surface area contributed by atoms with Crippen LogP contribution in [0.4, 0.5) is 0 Å². The van der Waals surface area contributed by atoms with Gasteiger partial charge in [0.2, 0.25) is 0 Å². The Morgan fingerprint density at radius 3 is 2.52 bits per heavy atom. The minimum Gasteiger partial charge on any atom is -0.497 e. The fourth-order valence-electron chi connectivity index (χ4n) is 3.37. The van der Waals surface area contributed by atoms with Crippen molar-refractivity contribution in [2.75, 3.05) is 7.11 Å². The first-order valence-corrected chi connectivity index (χ1v) is 8.72. The van der Waals surface area contributed by atoms with Gasteiger partial charge in [0.25, 0.3) is 0 Å². The number of fused-ring (bicyclic) bond motifs is 1. The topological polar surface area (TPSA) is 47.3 Å². The van der Waals surface area contributed by atoms with Gasteiger partial charge in [0.15, 0.2) is 0 Å². The van der Waals surface area contributed by atoms with Crippen LogP contribution in [0.5, 0.6) is 5.75 Å². The highest BCUT2D eigenvalue weighted by molar-refractivity contribution is 6.30. The van der Waals surface area contributed by atoms with Crippen molar-refractivity contribution in [1.29, 1.82) is 0 Å². The molecule has 1 atom stereocenters. The second-order valence-electron chi connectivity index (χ2n) is 6.29. The van der Waals surface area contributed by atoms with Gasteiger partial charge in [-0.05, 0) is 49.2 Å². The number of aromatic nitrogens is 2. The largest absolute Gasteiger partial charge is 0.497 e. The molecule has 1 aromatic heterocycles. The van der Waals surface area contributed by atoms with E-state index >= 15 is 0 Å². The molecule has 0 spiro atoms. The molecule has 0 fully saturated rings. The van der Waals surface area contributed by atoms with E-state index in [4.69, 9.17) is 21.4 Å². The predicted octanol–water partition coefficient (Wildman–Crippen LogP) is 4.05. The summed E-state index contributed by atoms with van der Waals surface area (Å²) in [7, 11) is 1.66. The summed E-state index contributed by atoms with van der Waals surface area (Å²) in [6.07, 6.45) is 1.88. The van der Waals surface area contributed by atoms with Crippen LogP contribution in [0.2, 0.25) is 5.02 Å². The molecule has 1 heterocycles. The van der Waals surface area contributed by atoms with Crippen LogP contribution in [0.1, 0.15) is 17.7 Å². The summed E-state index contributed by atoms with van der Waals surface area (Å²) >= 11 is 6.02. The lowest BCUT2D eigenvalue weighted by Gasteiger charge is -2.19. The lowest BCUT2D eigenvalue weighted by atomic mass is 9.91. The standard InChI is InChI=1S/C20H19ClN2O2/c1-25-17-9-6-15(7-10-17)23-19-11-8-16(24)12-18(19)20(22-23)13-2-4-14(21)5-3-13/h2-7,9-10,16,24H,8,11-12H2,1H3/t16-/m0/s1. The number of rotatable bonds is 3. The van der Waals surface area contributed by atoms with Gasteiger partial charge in [0.1, 0.15) is 5.75 Å². The second kappa shape index (κ2) is 6.54. The molecule has 2 aromatic carbocycles. The molecule has 5 heteroatoms. The Hall–Kier alpha value is -2.30. The quantitative estimate of drug-likeness (QED) is 0.771. The molecule has 0 amide bonds. The van der Waals surface area contributed by atoms with Gasteiger partial charge in [-0.25, -0.2) is 4.68 Å². The molecule has 1 N–H and O–H groups in total. The monoisotopic (exact) mass is 354 g/mol. The van der Waals surface area contributed by atoms with Gasteiger partial charge in [-0.1, -0.05) is 23.7 Å². The molecule has 0 saturated carbocycles. The fourth-order valence-corrected chi connectivity index (χ4v) is 3.50. The first-order valence-electron chi connectivity index (χ1n) is 8.35. The predicted molar refractivity (Wildman–Crippen MR) is 98.6 cm³/mol. The number of aliphatic hydroxyl groups excluding tert-OH is 1. The Morgan fingerprint density at radius 1 is 1.12 bits per heavy atom. The summed E-state index contributed by atoms with van der Waals surface area (Å²) in [4.78, 5) is 0. The molecular formula is C20H19ClN2O2. The Kier molecular flexibility index (Phi) is 4.24. The van der Waals surface area contributed by atoms with Gasteiger partial charge >= 0.3 is 0 Å². The first kappa shape index (κ1) is 16.2. The van der Waals surface area contributed by atoms with Gasteiger partial charge in [-0.3, -0.25) is 0 Å². The van der Waals surface area contributed by atoms with E-state index in [1.54, 1.807) is 7.11 Å². The minimum atomic E-state index is -0.313. The molecular weight excluding hydrogens is 336 g/mol. The Bertz CT molecular complexity index is 885. The maximum Gasteiger partial charge on any atom is 0.119 e. The lowest BCUT2D eigenvalue weighted by Crippen LogP contribution is -2.19. The summed E-state index contributed by atoms with van der Waals surface area (Å²) in [6, 6.07) is 15.6.